The fourth-order valence-electron chi connectivity index (χ4n) is 3.92. The van der Waals surface area contributed by atoms with Crippen LogP contribution in [0.15, 0.2) is 48.2 Å². The highest BCUT2D eigenvalue weighted by molar-refractivity contribution is 5.92. The molecule has 6 nitrogen and oxygen atoms in total. The largest absolute Gasteiger partial charge is 0.416 e. The molecule has 0 saturated carbocycles. The Hall–Kier alpha value is -3.36. The minimum absolute atomic E-state index is 0.126. The average molecular weight is 459 g/mol. The van der Waals surface area contributed by atoms with Crippen molar-refractivity contribution >= 4 is 23.3 Å². The number of halogens is 3. The Bertz CT molecular complexity index is 1080. The van der Waals surface area contributed by atoms with E-state index in [-0.39, 0.29) is 12.5 Å². The lowest BCUT2D eigenvalue weighted by atomic mass is 10.0. The van der Waals surface area contributed by atoms with E-state index in [1.54, 1.807) is 45.3 Å². The second kappa shape index (κ2) is 10.5. The van der Waals surface area contributed by atoms with Crippen molar-refractivity contribution < 1.29 is 13.2 Å². The predicted molar refractivity (Wildman–Crippen MR) is 127 cm³/mol. The number of fused-ring (bicyclic) bond motifs is 1. The van der Waals surface area contributed by atoms with Gasteiger partial charge in [0.2, 0.25) is 0 Å². The third-order valence-corrected chi connectivity index (χ3v) is 5.45. The molecule has 2 aromatic heterocycles. The molecule has 0 radical (unpaired) electrons. The van der Waals surface area contributed by atoms with Crippen LogP contribution in [0.3, 0.4) is 0 Å². The first-order chi connectivity index (χ1) is 15.8. The zero-order valence-corrected chi connectivity index (χ0v) is 19.0. The Morgan fingerprint density at radius 3 is 2.79 bits per heavy atom. The number of aromatic nitrogens is 3. The summed E-state index contributed by atoms with van der Waals surface area (Å²) in [5, 5.41) is 18.9. The van der Waals surface area contributed by atoms with Gasteiger partial charge in [0, 0.05) is 37.3 Å². The average Bonchev–Trinajstić information content (AvgIpc) is 3.22. The van der Waals surface area contributed by atoms with Gasteiger partial charge in [-0.25, -0.2) is 4.98 Å². The molecule has 9 heteroatoms. The lowest BCUT2D eigenvalue weighted by Crippen LogP contribution is -2.22. The van der Waals surface area contributed by atoms with Gasteiger partial charge >= 0.3 is 6.18 Å². The number of alkyl halides is 3. The summed E-state index contributed by atoms with van der Waals surface area (Å²) < 4.78 is 42.3. The van der Waals surface area contributed by atoms with Crippen LogP contribution in [0.5, 0.6) is 0 Å². The highest BCUT2D eigenvalue weighted by Gasteiger charge is 2.32. The molecule has 3 heterocycles. The molecule has 1 aliphatic heterocycles. The molecule has 0 bridgehead atoms. The third-order valence-electron chi connectivity index (χ3n) is 5.45. The van der Waals surface area contributed by atoms with Gasteiger partial charge in [-0.3, -0.25) is 4.68 Å². The quantitative estimate of drug-likeness (QED) is 0.329. The Morgan fingerprint density at radius 1 is 1.36 bits per heavy atom. The second-order valence-electron chi connectivity index (χ2n) is 7.70. The molecule has 3 rings (SSSR count). The van der Waals surface area contributed by atoms with Crippen LogP contribution in [-0.2, 0) is 6.54 Å². The summed E-state index contributed by atoms with van der Waals surface area (Å²) in [7, 11) is 1.78. The molecule has 1 atom stereocenters. The number of nitrogens with zero attached hydrogens (tertiary/aromatic N) is 3. The van der Waals surface area contributed by atoms with E-state index < -0.39 is 11.7 Å². The van der Waals surface area contributed by atoms with Gasteiger partial charge in [-0.05, 0) is 44.4 Å². The standard InChI is InChI=1S/C24H29F3N6/c1-4-7-16(13-17(8-5-2)24(25,26)27)21-14-22-20(9-6-12-33(22)32-21)31-23-18(15-28)19(29-3)10-11-30-23/h4,7-8,10-11,13-15,20,28H,5-6,9,12H2,1-3H3,(H2,29,30,31)/b7-4-,16-13+,17-8-,28-15?. The zero-order chi connectivity index (χ0) is 24.0. The van der Waals surface area contributed by atoms with Crippen LogP contribution in [0.25, 0.3) is 5.57 Å². The van der Waals surface area contributed by atoms with Crippen LogP contribution in [-0.4, -0.2) is 34.2 Å². The summed E-state index contributed by atoms with van der Waals surface area (Å²) in [5.74, 6) is 0.576. The molecule has 0 spiro atoms. The van der Waals surface area contributed by atoms with Crippen molar-refractivity contribution in [1.29, 1.82) is 5.41 Å². The molecular formula is C24H29F3N6. The lowest BCUT2D eigenvalue weighted by Gasteiger charge is -2.25. The summed E-state index contributed by atoms with van der Waals surface area (Å²) in [6.45, 7) is 4.14. The maximum Gasteiger partial charge on any atom is 0.416 e. The van der Waals surface area contributed by atoms with E-state index in [4.69, 9.17) is 5.41 Å². The van der Waals surface area contributed by atoms with Crippen LogP contribution in [0.2, 0.25) is 0 Å². The van der Waals surface area contributed by atoms with Gasteiger partial charge in [0.1, 0.15) is 5.82 Å². The number of nitrogens with one attached hydrogen (secondary N) is 3. The van der Waals surface area contributed by atoms with E-state index in [1.807, 2.05) is 10.7 Å². The van der Waals surface area contributed by atoms with Crippen molar-refractivity contribution in [3.8, 4) is 0 Å². The Kier molecular flexibility index (Phi) is 7.73. The van der Waals surface area contributed by atoms with Gasteiger partial charge in [0.05, 0.1) is 28.6 Å². The third kappa shape index (κ3) is 5.53. The summed E-state index contributed by atoms with van der Waals surface area (Å²) in [6.07, 6.45) is 6.16. The number of anilines is 2. The first-order valence-corrected chi connectivity index (χ1v) is 11.0. The first kappa shape index (κ1) is 24.3. The Balaban J connectivity index is 1.99. The zero-order valence-electron chi connectivity index (χ0n) is 19.0. The van der Waals surface area contributed by atoms with Crippen LogP contribution < -0.4 is 10.6 Å². The summed E-state index contributed by atoms with van der Waals surface area (Å²) in [6, 6.07) is 3.51. The molecule has 0 aliphatic carbocycles. The summed E-state index contributed by atoms with van der Waals surface area (Å²) in [4.78, 5) is 4.40. The van der Waals surface area contributed by atoms with Crippen LogP contribution in [0, 0.1) is 5.41 Å². The molecule has 1 unspecified atom stereocenters. The SMILES string of the molecule is C\C=C/C(=C\C(=C\CC)C(F)(F)F)c1cc2n(n1)CCCC2Nc1nccc(NC)c1C=N. The van der Waals surface area contributed by atoms with Crippen LogP contribution in [0.4, 0.5) is 24.7 Å². The lowest BCUT2D eigenvalue weighted by molar-refractivity contribution is -0.0883. The van der Waals surface area contributed by atoms with Crippen molar-refractivity contribution in [2.75, 3.05) is 17.7 Å². The van der Waals surface area contributed by atoms with Gasteiger partial charge in [-0.1, -0.05) is 25.2 Å². The molecule has 33 heavy (non-hydrogen) atoms. The second-order valence-corrected chi connectivity index (χ2v) is 7.70. The highest BCUT2D eigenvalue weighted by atomic mass is 19.4. The molecular weight excluding hydrogens is 429 g/mol. The summed E-state index contributed by atoms with van der Waals surface area (Å²) >= 11 is 0. The number of allylic oxidation sites excluding steroid dienone is 6. The smallest absolute Gasteiger partial charge is 0.387 e. The van der Waals surface area contributed by atoms with E-state index >= 15 is 0 Å². The topological polar surface area (TPSA) is 78.6 Å². The van der Waals surface area contributed by atoms with E-state index in [2.05, 4.69) is 20.7 Å². The fraction of sp³-hybridized carbons (Fsp3) is 0.375. The van der Waals surface area contributed by atoms with E-state index in [1.165, 1.54) is 12.3 Å². The molecule has 2 aromatic rings. The Labute approximate surface area is 191 Å². The van der Waals surface area contributed by atoms with Gasteiger partial charge < -0.3 is 16.0 Å². The van der Waals surface area contributed by atoms with Gasteiger partial charge in [0.15, 0.2) is 0 Å². The van der Waals surface area contributed by atoms with Crippen molar-refractivity contribution in [2.24, 2.45) is 0 Å². The normalized spacial score (nSPS) is 17.2. The number of hydrogen-bond acceptors (Lipinski definition) is 5. The maximum atomic E-state index is 13.5. The molecule has 0 amide bonds. The van der Waals surface area contributed by atoms with Crippen molar-refractivity contribution in [3.05, 3.63) is 65.2 Å². The van der Waals surface area contributed by atoms with E-state index in [9.17, 15) is 13.2 Å². The summed E-state index contributed by atoms with van der Waals surface area (Å²) in [5.41, 5.74) is 2.53. The van der Waals surface area contributed by atoms with Crippen molar-refractivity contribution in [1.82, 2.24) is 14.8 Å². The van der Waals surface area contributed by atoms with Gasteiger partial charge in [0.25, 0.3) is 0 Å². The fourth-order valence-corrected chi connectivity index (χ4v) is 3.92. The predicted octanol–water partition coefficient (Wildman–Crippen LogP) is 6.12. The number of hydrogen-bond donors (Lipinski definition) is 3. The molecule has 176 valence electrons. The van der Waals surface area contributed by atoms with Crippen LogP contribution in [0.1, 0.15) is 56.1 Å². The molecule has 0 fully saturated rings. The monoisotopic (exact) mass is 458 g/mol. The van der Waals surface area contributed by atoms with Crippen molar-refractivity contribution in [3.63, 3.8) is 0 Å². The van der Waals surface area contributed by atoms with Gasteiger partial charge in [-0.2, -0.15) is 18.3 Å². The van der Waals surface area contributed by atoms with E-state index in [0.717, 1.165) is 30.3 Å². The Morgan fingerprint density at radius 2 is 2.15 bits per heavy atom. The molecule has 0 aromatic carbocycles. The molecule has 3 N–H and O–H groups in total. The van der Waals surface area contributed by atoms with Gasteiger partial charge in [-0.15, -0.1) is 0 Å². The maximum absolute atomic E-state index is 13.5. The molecule has 0 saturated heterocycles. The van der Waals surface area contributed by atoms with Crippen LogP contribution >= 0.6 is 0 Å². The molecule has 1 aliphatic rings. The first-order valence-electron chi connectivity index (χ1n) is 11.0. The van der Waals surface area contributed by atoms with Crippen molar-refractivity contribution in [2.45, 2.75) is 51.9 Å². The highest BCUT2D eigenvalue weighted by Crippen LogP contribution is 2.34. The van der Waals surface area contributed by atoms with E-state index in [0.29, 0.717) is 29.2 Å². The number of pyridine rings is 1. The number of rotatable bonds is 8. The number of aryl methyl sites for hydroxylation is 1. The minimum atomic E-state index is -4.43. The minimum Gasteiger partial charge on any atom is -0.387 e.